The molecule has 2 aliphatic heterocycles. The van der Waals surface area contributed by atoms with E-state index in [1.807, 2.05) is 0 Å². The highest BCUT2D eigenvalue weighted by Crippen LogP contribution is 2.23. The summed E-state index contributed by atoms with van der Waals surface area (Å²) >= 11 is 1.69. The van der Waals surface area contributed by atoms with Crippen LogP contribution in [0.5, 0.6) is 0 Å². The van der Waals surface area contributed by atoms with Crippen molar-refractivity contribution >= 4 is 23.6 Å². The van der Waals surface area contributed by atoms with Gasteiger partial charge in [-0.2, -0.15) is 0 Å². The topological polar surface area (TPSA) is 69.6 Å². The van der Waals surface area contributed by atoms with E-state index in [1.165, 1.54) is 0 Å². The van der Waals surface area contributed by atoms with Gasteiger partial charge < -0.3 is 15.3 Å². The van der Waals surface area contributed by atoms with Gasteiger partial charge in [0, 0.05) is 11.8 Å². The van der Waals surface area contributed by atoms with E-state index in [2.05, 4.69) is 5.32 Å². The summed E-state index contributed by atoms with van der Waals surface area (Å²) in [5, 5.41) is 13.0. The Morgan fingerprint density at radius 1 is 1.21 bits per heavy atom. The van der Waals surface area contributed by atoms with Crippen LogP contribution in [-0.2, 0) is 9.59 Å². The summed E-state index contributed by atoms with van der Waals surface area (Å²) in [5.41, 5.74) is 0. The lowest BCUT2D eigenvalue weighted by Crippen LogP contribution is -2.48. The zero-order valence-corrected chi connectivity index (χ0v) is 12.0. The number of hydrogen-bond acceptors (Lipinski definition) is 4. The van der Waals surface area contributed by atoms with Crippen molar-refractivity contribution in [3.63, 3.8) is 0 Å². The fourth-order valence-corrected chi connectivity index (χ4v) is 3.83. The Hall–Kier alpha value is -0.750. The molecule has 0 aromatic carbocycles. The molecule has 1 amide bonds. The van der Waals surface area contributed by atoms with Crippen molar-refractivity contribution in [2.24, 2.45) is 0 Å². The molecule has 0 unspecified atom stereocenters. The summed E-state index contributed by atoms with van der Waals surface area (Å²) in [5.74, 6) is -0.440. The van der Waals surface area contributed by atoms with Gasteiger partial charge in [0.1, 0.15) is 6.04 Å². The number of thioether (sulfide) groups is 1. The molecule has 2 fully saturated rings. The van der Waals surface area contributed by atoms with Crippen molar-refractivity contribution in [3.8, 4) is 0 Å². The third-order valence-corrected chi connectivity index (χ3v) is 5.19. The Labute approximate surface area is 118 Å². The number of carboxylic acid groups (broad SMARTS) is 1. The van der Waals surface area contributed by atoms with E-state index >= 15 is 0 Å². The zero-order valence-electron chi connectivity index (χ0n) is 11.1. The van der Waals surface area contributed by atoms with Gasteiger partial charge in [0.05, 0.1) is 5.75 Å². The van der Waals surface area contributed by atoms with E-state index in [0.29, 0.717) is 24.0 Å². The lowest BCUT2D eigenvalue weighted by atomic mass is 10.0. The highest BCUT2D eigenvalue weighted by molar-refractivity contribution is 8.00. The van der Waals surface area contributed by atoms with Crippen molar-refractivity contribution < 1.29 is 14.7 Å². The third kappa shape index (κ3) is 4.11. The second kappa shape index (κ2) is 7.14. The lowest BCUT2D eigenvalue weighted by molar-refractivity contribution is -0.150. The molecule has 2 aliphatic rings. The SMILES string of the molecule is O=C(O)[C@@H]1CCCCN1C(=O)CSC1CCNCC1. The Morgan fingerprint density at radius 3 is 2.63 bits per heavy atom. The minimum atomic E-state index is -0.861. The number of likely N-dealkylation sites (tertiary alicyclic amines) is 1. The number of carbonyl (C=O) groups excluding carboxylic acids is 1. The standard InChI is InChI=1S/C13H22N2O3S/c16-12(9-19-10-4-6-14-7-5-10)15-8-2-1-3-11(15)13(17)18/h10-11,14H,1-9H2,(H,17,18)/t11-/m0/s1. The lowest BCUT2D eigenvalue weighted by Gasteiger charge is -2.33. The van der Waals surface area contributed by atoms with Gasteiger partial charge in [0.25, 0.3) is 0 Å². The maximum Gasteiger partial charge on any atom is 0.326 e. The molecule has 2 saturated heterocycles. The molecule has 2 N–H and O–H groups in total. The van der Waals surface area contributed by atoms with Gasteiger partial charge in [-0.25, -0.2) is 4.79 Å². The van der Waals surface area contributed by atoms with Gasteiger partial charge in [0.15, 0.2) is 0 Å². The van der Waals surface area contributed by atoms with Crippen LogP contribution in [0.1, 0.15) is 32.1 Å². The Bertz CT molecular complexity index is 332. The maximum atomic E-state index is 12.2. The second-order valence-corrected chi connectivity index (χ2v) is 6.49. The molecule has 108 valence electrons. The Morgan fingerprint density at radius 2 is 1.95 bits per heavy atom. The number of carbonyl (C=O) groups is 2. The molecule has 19 heavy (non-hydrogen) atoms. The first-order chi connectivity index (χ1) is 9.18. The summed E-state index contributed by atoms with van der Waals surface area (Å²) in [6.45, 7) is 2.64. The van der Waals surface area contributed by atoms with Crippen molar-refractivity contribution in [3.05, 3.63) is 0 Å². The van der Waals surface area contributed by atoms with Crippen molar-refractivity contribution in [2.75, 3.05) is 25.4 Å². The summed E-state index contributed by atoms with van der Waals surface area (Å²) < 4.78 is 0. The van der Waals surface area contributed by atoms with Gasteiger partial charge in [-0.3, -0.25) is 4.79 Å². The molecule has 0 saturated carbocycles. The first-order valence-electron chi connectivity index (χ1n) is 7.03. The summed E-state index contributed by atoms with van der Waals surface area (Å²) in [4.78, 5) is 24.9. The maximum absolute atomic E-state index is 12.2. The largest absolute Gasteiger partial charge is 0.480 e. The number of aliphatic carboxylic acids is 1. The second-order valence-electron chi connectivity index (χ2n) is 5.20. The Balaban J connectivity index is 1.81. The average Bonchev–Trinajstić information content (AvgIpc) is 2.46. The van der Waals surface area contributed by atoms with E-state index in [9.17, 15) is 9.59 Å². The monoisotopic (exact) mass is 286 g/mol. The molecule has 1 atom stereocenters. The number of carboxylic acids is 1. The zero-order chi connectivity index (χ0) is 13.7. The minimum Gasteiger partial charge on any atom is -0.480 e. The molecular weight excluding hydrogens is 264 g/mol. The van der Waals surface area contributed by atoms with Crippen LogP contribution in [0, 0.1) is 0 Å². The molecule has 5 nitrogen and oxygen atoms in total. The molecule has 0 aromatic heterocycles. The summed E-state index contributed by atoms with van der Waals surface area (Å²) in [7, 11) is 0. The van der Waals surface area contributed by atoms with Gasteiger partial charge >= 0.3 is 5.97 Å². The molecule has 0 radical (unpaired) electrons. The highest BCUT2D eigenvalue weighted by atomic mass is 32.2. The first kappa shape index (κ1) is 14.7. The fourth-order valence-electron chi connectivity index (χ4n) is 2.72. The van der Waals surface area contributed by atoms with E-state index < -0.39 is 12.0 Å². The number of amides is 1. The first-order valence-corrected chi connectivity index (χ1v) is 8.08. The normalized spacial score (nSPS) is 25.3. The predicted molar refractivity (Wildman–Crippen MR) is 75.3 cm³/mol. The highest BCUT2D eigenvalue weighted by Gasteiger charge is 2.32. The number of nitrogens with one attached hydrogen (secondary N) is 1. The van der Waals surface area contributed by atoms with Crippen molar-refractivity contribution in [1.82, 2.24) is 10.2 Å². The summed E-state index contributed by atoms with van der Waals surface area (Å²) in [6, 6.07) is -0.602. The van der Waals surface area contributed by atoms with Crippen LogP contribution in [0.25, 0.3) is 0 Å². The van der Waals surface area contributed by atoms with E-state index in [4.69, 9.17) is 5.11 Å². The molecule has 0 aliphatic carbocycles. The molecule has 2 heterocycles. The van der Waals surface area contributed by atoms with Crippen LogP contribution in [0.2, 0.25) is 0 Å². The number of rotatable bonds is 4. The molecule has 6 heteroatoms. The smallest absolute Gasteiger partial charge is 0.326 e. The van der Waals surface area contributed by atoms with Crippen LogP contribution in [0.3, 0.4) is 0 Å². The average molecular weight is 286 g/mol. The van der Waals surface area contributed by atoms with Gasteiger partial charge in [-0.05, 0) is 45.2 Å². The number of piperidine rings is 2. The van der Waals surface area contributed by atoms with Crippen LogP contribution < -0.4 is 5.32 Å². The quantitative estimate of drug-likeness (QED) is 0.805. The summed E-state index contributed by atoms with van der Waals surface area (Å²) in [6.07, 6.45) is 4.62. The molecular formula is C13H22N2O3S. The fraction of sp³-hybridized carbons (Fsp3) is 0.846. The number of nitrogens with zero attached hydrogens (tertiary/aromatic N) is 1. The van der Waals surface area contributed by atoms with E-state index in [-0.39, 0.29) is 5.91 Å². The van der Waals surface area contributed by atoms with Gasteiger partial charge in [0.2, 0.25) is 5.91 Å². The van der Waals surface area contributed by atoms with Crippen LogP contribution in [-0.4, -0.2) is 58.6 Å². The third-order valence-electron chi connectivity index (χ3n) is 3.84. The molecule has 2 rings (SSSR count). The van der Waals surface area contributed by atoms with Gasteiger partial charge in [-0.15, -0.1) is 11.8 Å². The van der Waals surface area contributed by atoms with Crippen molar-refractivity contribution in [1.29, 1.82) is 0 Å². The van der Waals surface area contributed by atoms with Crippen LogP contribution in [0.15, 0.2) is 0 Å². The van der Waals surface area contributed by atoms with Crippen molar-refractivity contribution in [2.45, 2.75) is 43.4 Å². The van der Waals surface area contributed by atoms with E-state index in [0.717, 1.165) is 38.8 Å². The Kier molecular flexibility index (Phi) is 5.51. The van der Waals surface area contributed by atoms with Crippen LogP contribution in [0.4, 0.5) is 0 Å². The van der Waals surface area contributed by atoms with Crippen LogP contribution >= 0.6 is 11.8 Å². The molecule has 0 spiro atoms. The number of hydrogen-bond donors (Lipinski definition) is 2. The minimum absolute atomic E-state index is 0.00404. The van der Waals surface area contributed by atoms with Gasteiger partial charge in [-0.1, -0.05) is 0 Å². The molecule has 0 bridgehead atoms. The molecule has 0 aromatic rings. The van der Waals surface area contributed by atoms with E-state index in [1.54, 1.807) is 16.7 Å². The predicted octanol–water partition coefficient (Wildman–Crippen LogP) is 0.937.